The second-order valence-corrected chi connectivity index (χ2v) is 6.13. The van der Waals surface area contributed by atoms with E-state index < -0.39 is 0 Å². The van der Waals surface area contributed by atoms with Gasteiger partial charge in [-0.05, 0) is 23.8 Å². The molecule has 0 fully saturated rings. The van der Waals surface area contributed by atoms with E-state index in [0.29, 0.717) is 16.4 Å². The molecule has 2 N–H and O–H groups in total. The van der Waals surface area contributed by atoms with Crippen LogP contribution in [0.1, 0.15) is 23.5 Å². The third kappa shape index (κ3) is 2.47. The number of fused-ring (bicyclic) bond motifs is 1. The summed E-state index contributed by atoms with van der Waals surface area (Å²) in [6, 6.07) is 13.8. The van der Waals surface area contributed by atoms with Gasteiger partial charge in [-0.15, -0.1) is 0 Å². The number of hydrogen-bond acceptors (Lipinski definition) is 2. The summed E-state index contributed by atoms with van der Waals surface area (Å²) in [7, 11) is 0. The Bertz CT molecular complexity index is 920. The highest BCUT2D eigenvalue weighted by Crippen LogP contribution is 2.42. The molecule has 1 aromatic heterocycles. The Labute approximate surface area is 142 Å². The standard InChI is InChI=1S/C18H13ClFN3O/c19-11-7-5-10(6-8-11)17-16-13(12-3-1-2-4-14(12)20)9-15(24)21-18(16)23-22-17/h1-8,13H,9H2,(H2,21,22,23,24)/t13-/m1/s1. The van der Waals surface area contributed by atoms with Crippen LogP contribution in [0.4, 0.5) is 10.2 Å². The smallest absolute Gasteiger partial charge is 0.226 e. The zero-order chi connectivity index (χ0) is 16.7. The number of nitrogens with one attached hydrogen (secondary N) is 2. The van der Waals surface area contributed by atoms with Crippen LogP contribution in [0.3, 0.4) is 0 Å². The molecule has 0 aliphatic carbocycles. The molecule has 1 aliphatic rings. The first kappa shape index (κ1) is 14.9. The number of amides is 1. The molecule has 2 aromatic carbocycles. The van der Waals surface area contributed by atoms with Gasteiger partial charge in [0.2, 0.25) is 5.91 Å². The molecule has 0 radical (unpaired) electrons. The van der Waals surface area contributed by atoms with Crippen molar-refractivity contribution in [3.63, 3.8) is 0 Å². The summed E-state index contributed by atoms with van der Waals surface area (Å²) in [5.74, 6) is -0.444. The number of anilines is 1. The minimum absolute atomic E-state index is 0.175. The van der Waals surface area contributed by atoms with Crippen molar-refractivity contribution in [2.75, 3.05) is 5.32 Å². The van der Waals surface area contributed by atoms with Gasteiger partial charge in [-0.2, -0.15) is 5.10 Å². The number of halogens is 2. The Morgan fingerprint density at radius 3 is 2.62 bits per heavy atom. The topological polar surface area (TPSA) is 57.8 Å². The van der Waals surface area contributed by atoms with Crippen LogP contribution in [-0.2, 0) is 4.79 Å². The minimum atomic E-state index is -0.389. The van der Waals surface area contributed by atoms with E-state index in [2.05, 4.69) is 15.5 Å². The highest BCUT2D eigenvalue weighted by Gasteiger charge is 2.33. The molecule has 120 valence electrons. The Kier molecular flexibility index (Phi) is 3.58. The molecule has 1 atom stereocenters. The first-order valence-corrected chi connectivity index (χ1v) is 7.90. The Hall–Kier alpha value is -2.66. The number of rotatable bonds is 2. The third-order valence-electron chi connectivity index (χ3n) is 4.21. The van der Waals surface area contributed by atoms with E-state index in [1.165, 1.54) is 6.07 Å². The molecular weight excluding hydrogens is 329 g/mol. The van der Waals surface area contributed by atoms with Crippen LogP contribution in [-0.4, -0.2) is 16.1 Å². The summed E-state index contributed by atoms with van der Waals surface area (Å²) in [4.78, 5) is 12.0. The van der Waals surface area contributed by atoms with Crippen LogP contribution in [0.2, 0.25) is 5.02 Å². The lowest BCUT2D eigenvalue weighted by Gasteiger charge is -2.23. The van der Waals surface area contributed by atoms with Gasteiger partial charge in [0.05, 0.1) is 5.69 Å². The number of H-pyrrole nitrogens is 1. The lowest BCUT2D eigenvalue weighted by molar-refractivity contribution is -0.116. The van der Waals surface area contributed by atoms with E-state index in [0.717, 1.165) is 16.8 Å². The summed E-state index contributed by atoms with van der Waals surface area (Å²) >= 11 is 5.95. The van der Waals surface area contributed by atoms with Crippen molar-refractivity contribution >= 4 is 23.3 Å². The Morgan fingerprint density at radius 2 is 1.88 bits per heavy atom. The molecule has 1 amide bonds. The summed E-state index contributed by atoms with van der Waals surface area (Å²) in [6.07, 6.45) is 0.175. The van der Waals surface area contributed by atoms with Gasteiger partial charge in [0, 0.05) is 28.5 Å². The summed E-state index contributed by atoms with van der Waals surface area (Å²) in [6.45, 7) is 0. The third-order valence-corrected chi connectivity index (χ3v) is 4.47. The van der Waals surface area contributed by atoms with Crippen LogP contribution in [0.5, 0.6) is 0 Å². The fourth-order valence-corrected chi connectivity index (χ4v) is 3.24. The maximum Gasteiger partial charge on any atom is 0.226 e. The number of carbonyl (C=O) groups excluding carboxylic acids is 1. The molecule has 6 heteroatoms. The van der Waals surface area contributed by atoms with Gasteiger partial charge in [0.1, 0.15) is 5.82 Å². The van der Waals surface area contributed by atoms with Crippen LogP contribution in [0.25, 0.3) is 11.3 Å². The van der Waals surface area contributed by atoms with E-state index in [4.69, 9.17) is 11.6 Å². The predicted molar refractivity (Wildman–Crippen MR) is 90.5 cm³/mol. The summed E-state index contributed by atoms with van der Waals surface area (Å²) in [5, 5.41) is 10.5. The van der Waals surface area contributed by atoms with Gasteiger partial charge in [0.15, 0.2) is 5.82 Å². The van der Waals surface area contributed by atoms with Crippen LogP contribution < -0.4 is 5.32 Å². The average Bonchev–Trinajstić information content (AvgIpc) is 2.99. The van der Waals surface area contributed by atoms with Gasteiger partial charge < -0.3 is 5.32 Å². The van der Waals surface area contributed by atoms with Crippen molar-refractivity contribution in [2.45, 2.75) is 12.3 Å². The fraction of sp³-hybridized carbons (Fsp3) is 0.111. The number of aromatic nitrogens is 2. The second-order valence-electron chi connectivity index (χ2n) is 5.69. The van der Waals surface area contributed by atoms with Crippen molar-refractivity contribution in [3.05, 3.63) is 70.5 Å². The fourth-order valence-electron chi connectivity index (χ4n) is 3.12. The number of nitrogens with zero attached hydrogens (tertiary/aromatic N) is 1. The highest BCUT2D eigenvalue weighted by atomic mass is 35.5. The average molecular weight is 342 g/mol. The highest BCUT2D eigenvalue weighted by molar-refractivity contribution is 6.30. The number of aromatic amines is 1. The van der Waals surface area contributed by atoms with E-state index in [1.807, 2.05) is 12.1 Å². The zero-order valence-electron chi connectivity index (χ0n) is 12.5. The Morgan fingerprint density at radius 1 is 1.12 bits per heavy atom. The minimum Gasteiger partial charge on any atom is -0.309 e. The molecule has 24 heavy (non-hydrogen) atoms. The van der Waals surface area contributed by atoms with Gasteiger partial charge >= 0.3 is 0 Å². The SMILES string of the molecule is O=C1C[C@H](c2ccccc2F)c2c(n[nH]c2-c2ccc(Cl)cc2)N1. The van der Waals surface area contributed by atoms with E-state index in [-0.39, 0.29) is 24.1 Å². The maximum atomic E-state index is 14.3. The molecule has 0 saturated heterocycles. The normalized spacial score (nSPS) is 16.6. The van der Waals surface area contributed by atoms with Gasteiger partial charge in [-0.3, -0.25) is 9.89 Å². The quantitative estimate of drug-likeness (QED) is 0.728. The Balaban J connectivity index is 1.89. The molecule has 1 aliphatic heterocycles. The van der Waals surface area contributed by atoms with E-state index in [1.54, 1.807) is 30.3 Å². The second kappa shape index (κ2) is 5.76. The molecular formula is C18H13ClFN3O. The molecule has 4 rings (SSSR count). The molecule has 0 unspecified atom stereocenters. The van der Waals surface area contributed by atoms with Crippen molar-refractivity contribution in [3.8, 4) is 11.3 Å². The first-order valence-electron chi connectivity index (χ1n) is 7.52. The molecule has 4 nitrogen and oxygen atoms in total. The molecule has 2 heterocycles. The zero-order valence-corrected chi connectivity index (χ0v) is 13.3. The van der Waals surface area contributed by atoms with Crippen LogP contribution in [0, 0.1) is 5.82 Å². The summed E-state index contributed by atoms with van der Waals surface area (Å²) < 4.78 is 14.3. The molecule has 3 aromatic rings. The monoisotopic (exact) mass is 341 g/mol. The summed E-state index contributed by atoms with van der Waals surface area (Å²) in [5.41, 5.74) is 2.92. The van der Waals surface area contributed by atoms with Crippen molar-refractivity contribution in [1.29, 1.82) is 0 Å². The van der Waals surface area contributed by atoms with E-state index >= 15 is 0 Å². The molecule has 0 bridgehead atoms. The number of hydrogen-bond donors (Lipinski definition) is 2. The number of carbonyl (C=O) groups is 1. The van der Waals surface area contributed by atoms with E-state index in [9.17, 15) is 9.18 Å². The van der Waals surface area contributed by atoms with Crippen LogP contribution in [0.15, 0.2) is 48.5 Å². The lowest BCUT2D eigenvalue weighted by Crippen LogP contribution is -2.23. The van der Waals surface area contributed by atoms with Gasteiger partial charge in [0.25, 0.3) is 0 Å². The lowest BCUT2D eigenvalue weighted by atomic mass is 9.84. The largest absolute Gasteiger partial charge is 0.309 e. The van der Waals surface area contributed by atoms with Gasteiger partial charge in [-0.1, -0.05) is 41.9 Å². The number of benzene rings is 2. The maximum absolute atomic E-state index is 14.3. The predicted octanol–water partition coefficient (Wildman–Crippen LogP) is 4.34. The van der Waals surface area contributed by atoms with Gasteiger partial charge in [-0.25, -0.2) is 4.39 Å². The first-order chi connectivity index (χ1) is 11.6. The van der Waals surface area contributed by atoms with Crippen LogP contribution >= 0.6 is 11.6 Å². The molecule has 0 spiro atoms. The van der Waals surface area contributed by atoms with Crippen molar-refractivity contribution < 1.29 is 9.18 Å². The van der Waals surface area contributed by atoms with Crippen molar-refractivity contribution in [1.82, 2.24) is 10.2 Å². The van der Waals surface area contributed by atoms with Crippen molar-refractivity contribution in [2.24, 2.45) is 0 Å². The molecule has 0 saturated carbocycles.